The predicted molar refractivity (Wildman–Crippen MR) is 49.6 cm³/mol. The fourth-order valence-electron chi connectivity index (χ4n) is 1.18. The van der Waals surface area contributed by atoms with Crippen LogP contribution in [0.15, 0.2) is 17.5 Å². The summed E-state index contributed by atoms with van der Waals surface area (Å²) < 4.78 is 0. The van der Waals surface area contributed by atoms with Crippen molar-refractivity contribution in [3.05, 3.63) is 22.4 Å². The Morgan fingerprint density at radius 3 is 2.92 bits per heavy atom. The Morgan fingerprint density at radius 2 is 2.50 bits per heavy atom. The van der Waals surface area contributed by atoms with E-state index in [9.17, 15) is 4.79 Å². The number of hydrogen-bond donors (Lipinski definition) is 1. The van der Waals surface area contributed by atoms with Crippen molar-refractivity contribution in [1.29, 1.82) is 0 Å². The topological polar surface area (TPSA) is 37.3 Å². The first-order valence-electron chi connectivity index (χ1n) is 3.99. The number of carboxylic acids is 1. The standard InChI is InChI=1S/C9H12O2S/c1-2-7(6-9(10)11)8-4-3-5-12-8/h3-5,7H,2,6H2,1H3,(H,10,11). The third-order valence-electron chi connectivity index (χ3n) is 1.86. The molecule has 0 saturated carbocycles. The van der Waals surface area contributed by atoms with Crippen LogP contribution < -0.4 is 0 Å². The molecule has 0 bridgehead atoms. The first-order chi connectivity index (χ1) is 5.74. The van der Waals surface area contributed by atoms with E-state index in [-0.39, 0.29) is 12.3 Å². The second-order valence-electron chi connectivity index (χ2n) is 2.72. The highest BCUT2D eigenvalue weighted by molar-refractivity contribution is 7.10. The van der Waals surface area contributed by atoms with Gasteiger partial charge in [0.25, 0.3) is 0 Å². The summed E-state index contributed by atoms with van der Waals surface area (Å²) in [5.74, 6) is -0.516. The molecule has 0 fully saturated rings. The normalized spacial score (nSPS) is 12.8. The molecule has 66 valence electrons. The van der Waals surface area contributed by atoms with E-state index < -0.39 is 5.97 Å². The van der Waals surface area contributed by atoms with Gasteiger partial charge in [-0.1, -0.05) is 13.0 Å². The van der Waals surface area contributed by atoms with Gasteiger partial charge in [-0.15, -0.1) is 11.3 Å². The lowest BCUT2D eigenvalue weighted by atomic mass is 10.0. The van der Waals surface area contributed by atoms with Gasteiger partial charge in [0.05, 0.1) is 6.42 Å². The largest absolute Gasteiger partial charge is 0.481 e. The summed E-state index contributed by atoms with van der Waals surface area (Å²) in [4.78, 5) is 11.6. The van der Waals surface area contributed by atoms with Crippen LogP contribution in [0.2, 0.25) is 0 Å². The highest BCUT2D eigenvalue weighted by Crippen LogP contribution is 2.26. The Balaban J connectivity index is 2.63. The van der Waals surface area contributed by atoms with Gasteiger partial charge in [0.2, 0.25) is 0 Å². The van der Waals surface area contributed by atoms with Gasteiger partial charge in [-0.05, 0) is 17.9 Å². The number of carbonyl (C=O) groups is 1. The lowest BCUT2D eigenvalue weighted by molar-refractivity contribution is -0.137. The van der Waals surface area contributed by atoms with E-state index in [1.165, 1.54) is 4.88 Å². The number of hydrogen-bond acceptors (Lipinski definition) is 2. The van der Waals surface area contributed by atoms with E-state index in [1.807, 2.05) is 24.4 Å². The van der Waals surface area contributed by atoms with Crippen LogP contribution in [0.5, 0.6) is 0 Å². The quantitative estimate of drug-likeness (QED) is 0.781. The van der Waals surface area contributed by atoms with Gasteiger partial charge in [0.15, 0.2) is 0 Å². The second-order valence-corrected chi connectivity index (χ2v) is 3.70. The van der Waals surface area contributed by atoms with Crippen molar-refractivity contribution >= 4 is 17.3 Å². The molecule has 1 unspecified atom stereocenters. The van der Waals surface area contributed by atoms with E-state index in [1.54, 1.807) is 11.3 Å². The lowest BCUT2D eigenvalue weighted by Crippen LogP contribution is -2.03. The first-order valence-corrected chi connectivity index (χ1v) is 4.87. The summed E-state index contributed by atoms with van der Waals surface area (Å²) in [5, 5.41) is 10.6. The molecule has 1 N–H and O–H groups in total. The molecular weight excluding hydrogens is 172 g/mol. The summed E-state index contributed by atoms with van der Waals surface area (Å²) in [5.41, 5.74) is 0. The van der Waals surface area contributed by atoms with Gasteiger partial charge in [-0.2, -0.15) is 0 Å². The molecule has 0 aliphatic carbocycles. The van der Waals surface area contributed by atoms with Crippen molar-refractivity contribution in [3.8, 4) is 0 Å². The van der Waals surface area contributed by atoms with Crippen molar-refractivity contribution in [3.63, 3.8) is 0 Å². The molecule has 0 aromatic carbocycles. The lowest BCUT2D eigenvalue weighted by Gasteiger charge is -2.08. The Labute approximate surface area is 75.9 Å². The zero-order valence-electron chi connectivity index (χ0n) is 6.99. The van der Waals surface area contributed by atoms with Crippen LogP contribution in [0.4, 0.5) is 0 Å². The molecule has 0 saturated heterocycles. The minimum atomic E-state index is -0.713. The maximum Gasteiger partial charge on any atom is 0.303 e. The summed E-state index contributed by atoms with van der Waals surface area (Å²) in [6.07, 6.45) is 1.14. The van der Waals surface area contributed by atoms with Crippen LogP contribution >= 0.6 is 11.3 Å². The summed E-state index contributed by atoms with van der Waals surface area (Å²) >= 11 is 1.63. The highest BCUT2D eigenvalue weighted by atomic mass is 32.1. The van der Waals surface area contributed by atoms with Crippen LogP contribution in [-0.2, 0) is 4.79 Å². The van der Waals surface area contributed by atoms with Crippen molar-refractivity contribution in [2.24, 2.45) is 0 Å². The SMILES string of the molecule is CCC(CC(=O)O)c1cccs1. The average molecular weight is 184 g/mol. The zero-order valence-corrected chi connectivity index (χ0v) is 7.80. The number of carboxylic acid groups (broad SMARTS) is 1. The summed E-state index contributed by atoms with van der Waals surface area (Å²) in [7, 11) is 0. The van der Waals surface area contributed by atoms with Gasteiger partial charge >= 0.3 is 5.97 Å². The fourth-order valence-corrected chi connectivity index (χ4v) is 2.09. The van der Waals surface area contributed by atoms with Crippen LogP contribution in [0.1, 0.15) is 30.6 Å². The molecule has 0 aliphatic rings. The highest BCUT2D eigenvalue weighted by Gasteiger charge is 2.13. The van der Waals surface area contributed by atoms with Crippen molar-refractivity contribution < 1.29 is 9.90 Å². The first kappa shape index (κ1) is 9.26. The van der Waals surface area contributed by atoms with E-state index in [2.05, 4.69) is 0 Å². The maximum absolute atomic E-state index is 10.5. The molecule has 3 heteroatoms. The van der Waals surface area contributed by atoms with E-state index >= 15 is 0 Å². The third kappa shape index (κ3) is 2.34. The molecule has 1 aromatic heterocycles. The fraction of sp³-hybridized carbons (Fsp3) is 0.444. The van der Waals surface area contributed by atoms with Crippen molar-refractivity contribution in [2.75, 3.05) is 0 Å². The van der Waals surface area contributed by atoms with Crippen LogP contribution in [0.3, 0.4) is 0 Å². The molecule has 0 amide bonds. The minimum Gasteiger partial charge on any atom is -0.481 e. The summed E-state index contributed by atoms with van der Waals surface area (Å²) in [6.45, 7) is 2.02. The number of thiophene rings is 1. The average Bonchev–Trinajstić information content (AvgIpc) is 2.51. The predicted octanol–water partition coefficient (Wildman–Crippen LogP) is 2.72. The van der Waals surface area contributed by atoms with Crippen molar-refractivity contribution in [2.45, 2.75) is 25.7 Å². The third-order valence-corrected chi connectivity index (χ3v) is 2.89. The molecule has 0 spiro atoms. The van der Waals surface area contributed by atoms with Gasteiger partial charge in [0.1, 0.15) is 0 Å². The van der Waals surface area contributed by atoms with E-state index in [0.29, 0.717) is 0 Å². The van der Waals surface area contributed by atoms with Gasteiger partial charge in [-0.3, -0.25) is 4.79 Å². The van der Waals surface area contributed by atoms with E-state index in [4.69, 9.17) is 5.11 Å². The molecule has 2 nitrogen and oxygen atoms in total. The Bertz CT molecular complexity index is 241. The minimum absolute atomic E-state index is 0.197. The summed E-state index contributed by atoms with van der Waals surface area (Å²) in [6, 6.07) is 3.96. The van der Waals surface area contributed by atoms with Gasteiger partial charge in [0, 0.05) is 10.8 Å². The number of aliphatic carboxylic acids is 1. The van der Waals surface area contributed by atoms with Crippen LogP contribution in [0, 0.1) is 0 Å². The Hall–Kier alpha value is -0.830. The molecular formula is C9H12O2S. The molecule has 0 radical (unpaired) electrons. The van der Waals surface area contributed by atoms with Crippen LogP contribution in [0.25, 0.3) is 0 Å². The molecule has 12 heavy (non-hydrogen) atoms. The van der Waals surface area contributed by atoms with Gasteiger partial charge in [-0.25, -0.2) is 0 Å². The maximum atomic E-state index is 10.5. The Morgan fingerprint density at radius 1 is 1.75 bits per heavy atom. The second kappa shape index (κ2) is 4.26. The van der Waals surface area contributed by atoms with Crippen LogP contribution in [-0.4, -0.2) is 11.1 Å². The molecule has 1 atom stereocenters. The number of rotatable bonds is 4. The molecule has 0 aliphatic heterocycles. The monoisotopic (exact) mass is 184 g/mol. The molecule has 1 heterocycles. The zero-order chi connectivity index (χ0) is 8.97. The van der Waals surface area contributed by atoms with Crippen molar-refractivity contribution in [1.82, 2.24) is 0 Å². The molecule has 1 aromatic rings. The Kier molecular flexibility index (Phi) is 3.29. The van der Waals surface area contributed by atoms with Gasteiger partial charge < -0.3 is 5.11 Å². The van der Waals surface area contributed by atoms with E-state index in [0.717, 1.165) is 6.42 Å². The molecule has 1 rings (SSSR count). The smallest absolute Gasteiger partial charge is 0.303 e.